The molecule has 3 aliphatic heterocycles. The molecule has 0 bridgehead atoms. The average molecular weight is 1040 g/mol. The molecule has 3 aromatic rings. The van der Waals surface area contributed by atoms with Crippen LogP contribution >= 0.6 is 0 Å². The summed E-state index contributed by atoms with van der Waals surface area (Å²) in [5.41, 5.74) is 0.631. The fourth-order valence-corrected chi connectivity index (χ4v) is 11.4. The molecule has 19 heteroatoms. The second-order valence-electron chi connectivity index (χ2n) is 22.0. The van der Waals surface area contributed by atoms with Gasteiger partial charge in [-0.15, -0.1) is 5.10 Å². The summed E-state index contributed by atoms with van der Waals surface area (Å²) in [7, 11) is 6.98. The van der Waals surface area contributed by atoms with E-state index in [-0.39, 0.29) is 37.3 Å². The van der Waals surface area contributed by atoms with Crippen molar-refractivity contribution in [2.24, 2.45) is 17.8 Å². The molecule has 5 heterocycles. The summed E-state index contributed by atoms with van der Waals surface area (Å²) < 4.78 is 60.8. The van der Waals surface area contributed by atoms with Gasteiger partial charge >= 0.3 is 5.97 Å². The Labute approximate surface area is 438 Å². The molecule has 3 saturated heterocycles. The summed E-state index contributed by atoms with van der Waals surface area (Å²) in [5.74, 6) is -2.48. The van der Waals surface area contributed by atoms with E-state index in [1.165, 1.54) is 14.0 Å². The van der Waals surface area contributed by atoms with Crippen molar-refractivity contribution in [2.45, 2.75) is 198 Å². The van der Waals surface area contributed by atoms with E-state index in [0.29, 0.717) is 38.0 Å². The van der Waals surface area contributed by atoms with Gasteiger partial charge < -0.3 is 63.4 Å². The third-order valence-corrected chi connectivity index (χ3v) is 16.3. The Kier molecular flexibility index (Phi) is 21.1. The minimum Gasteiger partial charge on any atom is -0.459 e. The fourth-order valence-electron chi connectivity index (χ4n) is 11.4. The van der Waals surface area contributed by atoms with Gasteiger partial charge in [0.05, 0.1) is 47.7 Å². The molecule has 1 aromatic carbocycles. The van der Waals surface area contributed by atoms with Crippen LogP contribution in [-0.2, 0) is 44.4 Å². The minimum atomic E-state index is -1.81. The summed E-state index contributed by atoms with van der Waals surface area (Å²) in [6, 6.07) is 10.4. The lowest BCUT2D eigenvalue weighted by atomic mass is 9.83. The molecule has 0 spiro atoms. The molecule has 18 nitrogen and oxygen atoms in total. The van der Waals surface area contributed by atoms with E-state index >= 15 is 0 Å². The smallest absolute Gasteiger partial charge is 0.311 e. The average Bonchev–Trinajstić information content (AvgIpc) is 3.86. The lowest BCUT2D eigenvalue weighted by Crippen LogP contribution is -2.59. The molecule has 0 radical (unpaired) electrons. The lowest BCUT2D eigenvalue weighted by Gasteiger charge is -2.47. The standard InChI is InChI=1S/C55H87FN6O12/c1-14-45-55(9,67)51(64)36(6)61(11)30-32(2)24-44(63)49(34(4)48(35(5)53(66)72-45)74-47-27-54(8,69-13)52(65)37(7)71-47)73-46-26-42(25-33(3)70-46)60(10)23-21-41-31-62(59-58-41)43(28-56)50(68-12)39-19-17-38(18-20-39)40-16-15-22-57-29-40/h15-20,22,29,31-37,42-52,63-65,67H,14,21,23-28,30H2,1-13H3/t32-,33-,34+,35-,36-,37+,42+,43-,44-,45-,46+,47+,48?,49?,50-,51-,52+,54-,55-/m1/s1. The first-order valence-electron chi connectivity index (χ1n) is 26.6. The van der Waals surface area contributed by atoms with E-state index in [1.807, 2.05) is 83.1 Å². The van der Waals surface area contributed by atoms with Gasteiger partial charge in [0.2, 0.25) is 0 Å². The summed E-state index contributed by atoms with van der Waals surface area (Å²) in [6.07, 6.45) is -1.90. The number of benzene rings is 1. The topological polar surface area (TPSA) is 213 Å². The zero-order chi connectivity index (χ0) is 54.2. The van der Waals surface area contributed by atoms with Crippen LogP contribution in [0.15, 0.2) is 55.0 Å². The lowest BCUT2D eigenvalue weighted by molar-refractivity contribution is -0.304. The largest absolute Gasteiger partial charge is 0.459 e. The Morgan fingerprint density at radius 1 is 0.932 bits per heavy atom. The minimum absolute atomic E-state index is 0.00455. The van der Waals surface area contributed by atoms with Crippen molar-refractivity contribution in [1.29, 1.82) is 0 Å². The molecule has 3 fully saturated rings. The van der Waals surface area contributed by atoms with E-state index in [4.69, 9.17) is 33.2 Å². The number of likely N-dealkylation sites (N-methyl/N-ethyl adjacent to an activating group) is 2. The number of esters is 1. The van der Waals surface area contributed by atoms with E-state index in [2.05, 4.69) is 20.2 Å². The summed E-state index contributed by atoms with van der Waals surface area (Å²) in [5, 5.41) is 55.8. The van der Waals surface area contributed by atoms with E-state index in [1.54, 1.807) is 58.1 Å². The summed E-state index contributed by atoms with van der Waals surface area (Å²) >= 11 is 0. The molecule has 0 aliphatic carbocycles. The molecule has 2 aromatic heterocycles. The first-order chi connectivity index (χ1) is 35.0. The van der Waals surface area contributed by atoms with Crippen LogP contribution in [0.1, 0.15) is 118 Å². The highest BCUT2D eigenvalue weighted by molar-refractivity contribution is 5.73. The van der Waals surface area contributed by atoms with E-state index in [9.17, 15) is 29.6 Å². The summed E-state index contributed by atoms with van der Waals surface area (Å²) in [4.78, 5) is 22.8. The SMILES string of the molecule is CC[C@H]1OC(=O)[C@H](C)C(O[C@H]2C[C@@](C)(OC)[C@@H](O)[C@H](C)O2)[C@H](C)C(O[C@H]2C[C@@H](N(C)CCc3cn([C@H](CF)[C@H](OC)c4ccc(-c5cccnc5)cc4)nn3)C[C@@H](C)O2)[C@H](O)C[C@@H](C)CN(C)[C@H](C)[C@@H](O)[C@]1(C)O. The fraction of sp³-hybridized carbons (Fsp3) is 0.745. The number of carbonyl (C=O) groups is 1. The maximum Gasteiger partial charge on any atom is 0.311 e. The highest BCUT2D eigenvalue weighted by Gasteiger charge is 2.50. The molecule has 19 atom stereocenters. The number of rotatable bonds is 16. The van der Waals surface area contributed by atoms with Gasteiger partial charge in [0.25, 0.3) is 0 Å². The van der Waals surface area contributed by atoms with Crippen LogP contribution in [0.3, 0.4) is 0 Å². The van der Waals surface area contributed by atoms with Crippen molar-refractivity contribution in [3.05, 3.63) is 66.2 Å². The Hall–Kier alpha value is -3.57. The Morgan fingerprint density at radius 2 is 1.64 bits per heavy atom. The molecule has 416 valence electrons. The molecular weight excluding hydrogens is 956 g/mol. The summed E-state index contributed by atoms with van der Waals surface area (Å²) in [6.45, 7) is 16.5. The zero-order valence-electron chi connectivity index (χ0n) is 46.0. The van der Waals surface area contributed by atoms with Crippen LogP contribution in [0.5, 0.6) is 0 Å². The van der Waals surface area contributed by atoms with Gasteiger partial charge in [-0.2, -0.15) is 0 Å². The number of methoxy groups -OCH3 is 2. The van der Waals surface area contributed by atoms with Gasteiger partial charge in [0, 0.05) is 83.2 Å². The normalized spacial score (nSPS) is 37.2. The van der Waals surface area contributed by atoms with Crippen LogP contribution in [0.2, 0.25) is 0 Å². The molecular formula is C55H87FN6O12. The van der Waals surface area contributed by atoms with Crippen molar-refractivity contribution >= 4 is 5.97 Å². The van der Waals surface area contributed by atoms with Crippen LogP contribution < -0.4 is 0 Å². The van der Waals surface area contributed by atoms with Crippen LogP contribution in [0.4, 0.5) is 4.39 Å². The quantitative estimate of drug-likeness (QED) is 0.127. The van der Waals surface area contributed by atoms with E-state index < -0.39 is 109 Å². The van der Waals surface area contributed by atoms with Crippen molar-refractivity contribution in [3.8, 4) is 11.1 Å². The molecule has 4 N–H and O–H groups in total. The highest BCUT2D eigenvalue weighted by Crippen LogP contribution is 2.39. The van der Waals surface area contributed by atoms with Gasteiger partial charge in [0.15, 0.2) is 12.6 Å². The number of aromatic nitrogens is 4. The number of aliphatic hydroxyl groups is 4. The number of pyridine rings is 1. The third kappa shape index (κ3) is 14.1. The predicted molar refractivity (Wildman–Crippen MR) is 275 cm³/mol. The van der Waals surface area contributed by atoms with Crippen LogP contribution in [0, 0.1) is 17.8 Å². The van der Waals surface area contributed by atoms with Gasteiger partial charge in [-0.1, -0.05) is 56.3 Å². The monoisotopic (exact) mass is 1040 g/mol. The van der Waals surface area contributed by atoms with Crippen molar-refractivity contribution < 1.29 is 62.8 Å². The van der Waals surface area contributed by atoms with Crippen LogP contribution in [-0.4, -0.2) is 189 Å². The zero-order valence-corrected chi connectivity index (χ0v) is 46.0. The Morgan fingerprint density at radius 3 is 2.27 bits per heavy atom. The number of hydrogen-bond acceptors (Lipinski definition) is 17. The number of hydrogen-bond donors (Lipinski definition) is 4. The molecule has 0 amide bonds. The first-order valence-corrected chi connectivity index (χ1v) is 26.6. The number of cyclic esters (lactones) is 1. The second kappa shape index (κ2) is 26.2. The number of alkyl halides is 1. The van der Waals surface area contributed by atoms with Crippen molar-refractivity contribution in [2.75, 3.05) is 48.1 Å². The van der Waals surface area contributed by atoms with E-state index in [0.717, 1.165) is 16.7 Å². The number of aliphatic hydroxyl groups excluding tert-OH is 3. The second-order valence-corrected chi connectivity index (χ2v) is 22.0. The molecule has 6 rings (SSSR count). The molecule has 0 saturated carbocycles. The molecule has 74 heavy (non-hydrogen) atoms. The van der Waals surface area contributed by atoms with Gasteiger partial charge in [-0.25, -0.2) is 9.07 Å². The molecule has 2 unspecified atom stereocenters. The van der Waals surface area contributed by atoms with Crippen LogP contribution in [0.25, 0.3) is 11.1 Å². The van der Waals surface area contributed by atoms with Crippen molar-refractivity contribution in [1.82, 2.24) is 29.8 Å². The number of halogens is 1. The van der Waals surface area contributed by atoms with Gasteiger partial charge in [-0.3, -0.25) is 9.78 Å². The molecule has 3 aliphatic rings. The van der Waals surface area contributed by atoms with Crippen molar-refractivity contribution in [3.63, 3.8) is 0 Å². The maximum atomic E-state index is 14.9. The van der Waals surface area contributed by atoms with Gasteiger partial charge in [0.1, 0.15) is 42.7 Å². The Balaban J connectivity index is 1.21. The number of ether oxygens (including phenoxy) is 7. The first kappa shape index (κ1) is 59.7. The number of carbonyl (C=O) groups excluding carboxylic acids is 1. The third-order valence-electron chi connectivity index (χ3n) is 16.3. The van der Waals surface area contributed by atoms with Gasteiger partial charge in [-0.05, 0) is 104 Å². The number of nitrogens with zero attached hydrogens (tertiary/aromatic N) is 6. The highest BCUT2D eigenvalue weighted by atomic mass is 19.1. The predicted octanol–water partition coefficient (Wildman–Crippen LogP) is 5.70. The maximum absolute atomic E-state index is 14.9. The Bertz CT molecular complexity index is 2180.